The number of rotatable bonds is 6. The van der Waals surface area contributed by atoms with Crippen LogP contribution in [-0.2, 0) is 25.5 Å². The molecule has 5 heteroatoms. The van der Waals surface area contributed by atoms with Crippen LogP contribution in [-0.4, -0.2) is 16.9 Å². The molecule has 1 N–H and O–H groups in total. The number of carbonyl (C=O) groups excluding carboxylic acids is 2. The molecule has 1 aromatic heterocycles. The van der Waals surface area contributed by atoms with Gasteiger partial charge in [0, 0.05) is 29.5 Å². The second-order valence-corrected chi connectivity index (χ2v) is 10.5. The number of hydrogen-bond donors (Lipinski definition) is 1. The molecule has 5 nitrogen and oxygen atoms in total. The van der Waals surface area contributed by atoms with E-state index in [2.05, 4.69) is 37.0 Å². The second-order valence-electron chi connectivity index (χ2n) is 10.5. The molecule has 1 spiro atoms. The van der Waals surface area contributed by atoms with E-state index in [0.717, 1.165) is 86.0 Å². The molecule has 4 aliphatic carbocycles. The Morgan fingerprint density at radius 1 is 1.09 bits per heavy atom. The molecule has 2 bridgehead atoms. The van der Waals surface area contributed by atoms with Crippen LogP contribution < -0.4 is 0 Å². The van der Waals surface area contributed by atoms with Crippen molar-refractivity contribution < 1.29 is 19.1 Å². The van der Waals surface area contributed by atoms with E-state index < -0.39 is 5.41 Å². The van der Waals surface area contributed by atoms with Crippen LogP contribution in [0.2, 0.25) is 0 Å². The summed E-state index contributed by atoms with van der Waals surface area (Å²) in [4.78, 5) is 30.0. The third kappa shape index (κ3) is 2.91. The standard InChI is InChI=1S/C29H33NO4/c1-3-5-7-22-20-10-9-19-18-11-13-29(25(19)24(20)27(31)33-22)23(8-6-4-2)34-28(32)26(29)21(18)15-17-12-14-30-16-17/h7-8,12,14,16,18-19,25,30H,3-6,9-11,13,15H2,1-2H3. The van der Waals surface area contributed by atoms with E-state index in [1.807, 2.05) is 12.4 Å². The van der Waals surface area contributed by atoms with Gasteiger partial charge < -0.3 is 14.5 Å². The first-order valence-electron chi connectivity index (χ1n) is 13.0. The minimum Gasteiger partial charge on any atom is -0.427 e. The lowest BCUT2D eigenvalue weighted by Gasteiger charge is -2.56. The summed E-state index contributed by atoms with van der Waals surface area (Å²) >= 11 is 0. The highest BCUT2D eigenvalue weighted by Crippen LogP contribution is 2.70. The first-order valence-corrected chi connectivity index (χ1v) is 13.0. The highest BCUT2D eigenvalue weighted by atomic mass is 16.5. The van der Waals surface area contributed by atoms with Gasteiger partial charge in [0.05, 0.1) is 11.0 Å². The summed E-state index contributed by atoms with van der Waals surface area (Å²) in [7, 11) is 0. The molecule has 6 aliphatic rings. The van der Waals surface area contributed by atoms with Crippen molar-refractivity contribution in [1.82, 2.24) is 4.98 Å². The van der Waals surface area contributed by atoms with Crippen LogP contribution in [0.1, 0.15) is 70.8 Å². The Bertz CT molecular complexity index is 1160. The van der Waals surface area contributed by atoms with Crippen LogP contribution in [0, 0.1) is 23.2 Å². The molecule has 1 saturated carbocycles. The van der Waals surface area contributed by atoms with E-state index in [4.69, 9.17) is 9.47 Å². The zero-order valence-corrected chi connectivity index (χ0v) is 20.1. The molecule has 2 fully saturated rings. The van der Waals surface area contributed by atoms with Gasteiger partial charge in [0.15, 0.2) is 0 Å². The van der Waals surface area contributed by atoms with Gasteiger partial charge in [-0.3, -0.25) is 0 Å². The Labute approximate surface area is 201 Å². The molecule has 34 heavy (non-hydrogen) atoms. The van der Waals surface area contributed by atoms with Gasteiger partial charge in [-0.1, -0.05) is 32.3 Å². The van der Waals surface area contributed by atoms with Crippen LogP contribution in [0.3, 0.4) is 0 Å². The number of nitrogens with one attached hydrogen (secondary N) is 1. The van der Waals surface area contributed by atoms with Crippen LogP contribution in [0.5, 0.6) is 0 Å². The minimum absolute atomic E-state index is 0.0328. The van der Waals surface area contributed by atoms with Gasteiger partial charge in [-0.2, -0.15) is 0 Å². The molecule has 178 valence electrons. The van der Waals surface area contributed by atoms with Gasteiger partial charge in [0.25, 0.3) is 0 Å². The van der Waals surface area contributed by atoms with Gasteiger partial charge in [-0.25, -0.2) is 9.59 Å². The summed E-state index contributed by atoms with van der Waals surface area (Å²) in [6.07, 6.45) is 16.5. The van der Waals surface area contributed by atoms with Gasteiger partial charge >= 0.3 is 11.9 Å². The number of allylic oxidation sites excluding steroid dienone is 5. The number of aromatic nitrogens is 1. The van der Waals surface area contributed by atoms with E-state index in [0.29, 0.717) is 11.8 Å². The predicted molar refractivity (Wildman–Crippen MR) is 128 cm³/mol. The average molecular weight is 460 g/mol. The predicted octanol–water partition coefficient (Wildman–Crippen LogP) is 6.07. The van der Waals surface area contributed by atoms with Crippen molar-refractivity contribution >= 4 is 11.9 Å². The Morgan fingerprint density at radius 3 is 2.68 bits per heavy atom. The van der Waals surface area contributed by atoms with Gasteiger partial charge in [-0.15, -0.1) is 0 Å². The molecule has 1 aromatic rings. The van der Waals surface area contributed by atoms with Crippen molar-refractivity contribution in [1.29, 1.82) is 0 Å². The van der Waals surface area contributed by atoms with Gasteiger partial charge in [0.2, 0.25) is 0 Å². The molecule has 2 aliphatic heterocycles. The van der Waals surface area contributed by atoms with Gasteiger partial charge in [0.1, 0.15) is 11.5 Å². The Balaban J connectivity index is 1.55. The zero-order valence-electron chi connectivity index (χ0n) is 20.1. The molecule has 1 saturated heterocycles. The van der Waals surface area contributed by atoms with Crippen molar-refractivity contribution in [3.63, 3.8) is 0 Å². The highest BCUT2D eigenvalue weighted by Gasteiger charge is 2.68. The van der Waals surface area contributed by atoms with E-state index in [9.17, 15) is 9.59 Å². The molecular formula is C29H33NO4. The fourth-order valence-corrected chi connectivity index (χ4v) is 7.52. The number of esters is 2. The van der Waals surface area contributed by atoms with E-state index in [1.165, 1.54) is 11.1 Å². The topological polar surface area (TPSA) is 68.4 Å². The lowest BCUT2D eigenvalue weighted by atomic mass is 9.44. The molecule has 4 atom stereocenters. The second kappa shape index (κ2) is 8.14. The molecule has 4 unspecified atom stereocenters. The van der Waals surface area contributed by atoms with Crippen molar-refractivity contribution in [3.8, 4) is 0 Å². The summed E-state index contributed by atoms with van der Waals surface area (Å²) in [6.45, 7) is 4.27. The van der Waals surface area contributed by atoms with Crippen LogP contribution in [0.25, 0.3) is 0 Å². The third-order valence-corrected chi connectivity index (χ3v) is 8.76. The number of aromatic amines is 1. The molecule has 0 amide bonds. The Kier molecular flexibility index (Phi) is 5.20. The Hall–Kier alpha value is -2.82. The monoisotopic (exact) mass is 459 g/mol. The zero-order chi connectivity index (χ0) is 23.4. The highest BCUT2D eigenvalue weighted by molar-refractivity contribution is 6.00. The van der Waals surface area contributed by atoms with Crippen LogP contribution in [0.4, 0.5) is 0 Å². The number of carbonyl (C=O) groups is 2. The van der Waals surface area contributed by atoms with Gasteiger partial charge in [-0.05, 0) is 80.6 Å². The molecule has 7 rings (SSSR count). The maximum absolute atomic E-state index is 13.5. The fraction of sp³-hybridized carbons (Fsp3) is 0.517. The van der Waals surface area contributed by atoms with Crippen molar-refractivity contribution in [2.45, 2.75) is 71.6 Å². The van der Waals surface area contributed by atoms with Crippen molar-refractivity contribution in [3.05, 3.63) is 70.0 Å². The maximum Gasteiger partial charge on any atom is 0.340 e. The Morgan fingerprint density at radius 2 is 1.91 bits per heavy atom. The third-order valence-electron chi connectivity index (χ3n) is 8.76. The quantitative estimate of drug-likeness (QED) is 0.525. The first kappa shape index (κ1) is 21.7. The lowest BCUT2D eigenvalue weighted by Crippen LogP contribution is -2.52. The van der Waals surface area contributed by atoms with E-state index >= 15 is 0 Å². The number of hydrogen-bond acceptors (Lipinski definition) is 4. The molecule has 0 radical (unpaired) electrons. The maximum atomic E-state index is 13.5. The number of ether oxygens (including phenoxy) is 2. The number of unbranched alkanes of at least 4 members (excludes halogenated alkanes) is 2. The summed E-state index contributed by atoms with van der Waals surface area (Å²) in [5.41, 5.74) is 4.68. The fourth-order valence-electron chi connectivity index (χ4n) is 7.52. The molecule has 0 aromatic carbocycles. The summed E-state index contributed by atoms with van der Waals surface area (Å²) in [5, 5.41) is 0. The van der Waals surface area contributed by atoms with Crippen LogP contribution >= 0.6 is 0 Å². The largest absolute Gasteiger partial charge is 0.427 e. The minimum atomic E-state index is -0.530. The van der Waals surface area contributed by atoms with E-state index in [1.54, 1.807) is 0 Å². The first-order chi connectivity index (χ1) is 16.6. The molecular weight excluding hydrogens is 426 g/mol. The summed E-state index contributed by atoms with van der Waals surface area (Å²) < 4.78 is 11.9. The number of fused-ring (bicyclic) bond motifs is 1. The number of cyclic esters (lactones) is 2. The lowest BCUT2D eigenvalue weighted by molar-refractivity contribution is -0.135. The van der Waals surface area contributed by atoms with E-state index in [-0.39, 0.29) is 17.9 Å². The number of H-pyrrole nitrogens is 1. The van der Waals surface area contributed by atoms with Crippen molar-refractivity contribution in [2.75, 3.05) is 0 Å². The summed E-state index contributed by atoms with van der Waals surface area (Å²) in [6, 6.07) is 2.09. The SMILES string of the molecule is CCCC=C1OC(=O)C2=C1CCC1C3CCC4(C(=CCCC)OC(=O)C4=C3Cc3cc[nH]c3)C21. The van der Waals surface area contributed by atoms with Crippen molar-refractivity contribution in [2.24, 2.45) is 23.2 Å². The normalized spacial score (nSPS) is 34.0. The van der Waals surface area contributed by atoms with Crippen LogP contribution in [0.15, 0.2) is 64.4 Å². The smallest absolute Gasteiger partial charge is 0.340 e. The average Bonchev–Trinajstić information content (AvgIpc) is 3.54. The molecule has 3 heterocycles. The summed E-state index contributed by atoms with van der Waals surface area (Å²) in [5.74, 6) is 1.77.